The first-order valence-electron chi connectivity index (χ1n) is 3.80. The predicted octanol–water partition coefficient (Wildman–Crippen LogP) is 2.80. The van der Waals surface area contributed by atoms with Crippen LogP contribution in [0.1, 0.15) is 11.3 Å². The van der Waals surface area contributed by atoms with E-state index in [4.69, 9.17) is 11.6 Å². The minimum Gasteiger partial charge on any atom is -0.303 e. The highest BCUT2D eigenvalue weighted by molar-refractivity contribution is 6.17. The van der Waals surface area contributed by atoms with E-state index in [9.17, 15) is 0 Å². The molecule has 70 valence electrons. The summed E-state index contributed by atoms with van der Waals surface area (Å²) in [7, 11) is 0. The normalized spacial score (nSPS) is 10.0. The molecule has 0 atom stereocenters. The van der Waals surface area contributed by atoms with Crippen molar-refractivity contribution in [2.75, 3.05) is 0 Å². The smallest absolute Gasteiger partial charge is 0.136 e. The maximum absolute atomic E-state index is 5.82. The van der Waals surface area contributed by atoms with Crippen molar-refractivity contribution in [2.24, 2.45) is 0 Å². The molecule has 0 spiro atoms. The average Bonchev–Trinajstić information content (AvgIpc) is 2.52. The molecular weight excluding hydrogens is 207 g/mol. The van der Waals surface area contributed by atoms with E-state index in [1.807, 2.05) is 22.7 Å². The first-order chi connectivity index (χ1) is 5.83. The number of aryl methyl sites for hydroxylation is 1. The van der Waals surface area contributed by atoms with Crippen LogP contribution in [0.4, 0.5) is 0 Å². The van der Waals surface area contributed by atoms with Crippen molar-refractivity contribution in [1.82, 2.24) is 9.38 Å². The Morgan fingerprint density at radius 2 is 2.23 bits per heavy atom. The second kappa shape index (κ2) is 3.99. The van der Waals surface area contributed by atoms with Crippen LogP contribution in [-0.4, -0.2) is 9.38 Å². The van der Waals surface area contributed by atoms with Crippen molar-refractivity contribution < 1.29 is 0 Å². The maximum atomic E-state index is 5.82. The topological polar surface area (TPSA) is 17.3 Å². The number of pyridine rings is 1. The molecule has 0 aliphatic heterocycles. The molecule has 13 heavy (non-hydrogen) atoms. The van der Waals surface area contributed by atoms with Crippen LogP contribution in [0, 0.1) is 6.92 Å². The number of halogens is 2. The van der Waals surface area contributed by atoms with Gasteiger partial charge in [0, 0.05) is 18.1 Å². The van der Waals surface area contributed by atoms with Gasteiger partial charge in [-0.15, -0.1) is 24.0 Å². The summed E-state index contributed by atoms with van der Waals surface area (Å²) in [6.07, 6.45) is 3.71. The van der Waals surface area contributed by atoms with Gasteiger partial charge in [-0.1, -0.05) is 6.07 Å². The van der Waals surface area contributed by atoms with E-state index in [1.54, 1.807) is 6.20 Å². The van der Waals surface area contributed by atoms with Crippen LogP contribution in [-0.2, 0) is 5.88 Å². The summed E-state index contributed by atoms with van der Waals surface area (Å²) in [5.74, 6) is 0.527. The Bertz CT molecular complexity index is 409. The molecular formula is C9H10Cl2N2. The summed E-state index contributed by atoms with van der Waals surface area (Å²) in [5.41, 5.74) is 3.28. The minimum absolute atomic E-state index is 0. The average molecular weight is 217 g/mol. The van der Waals surface area contributed by atoms with Gasteiger partial charge in [-0.2, -0.15) is 0 Å². The predicted molar refractivity (Wildman–Crippen MR) is 56.7 cm³/mol. The number of aromatic nitrogens is 2. The molecule has 0 aromatic carbocycles. The van der Waals surface area contributed by atoms with Gasteiger partial charge in [-0.05, 0) is 18.6 Å². The summed E-state index contributed by atoms with van der Waals surface area (Å²) in [5, 5.41) is 0. The molecule has 2 aromatic rings. The summed E-state index contributed by atoms with van der Waals surface area (Å²) in [6.45, 7) is 2.05. The van der Waals surface area contributed by atoms with Crippen LogP contribution in [0.25, 0.3) is 5.65 Å². The third kappa shape index (κ3) is 1.64. The highest BCUT2D eigenvalue weighted by atomic mass is 35.5. The SMILES string of the molecule is Cc1ccc2nccn2c1CCl.Cl. The number of imidazole rings is 1. The van der Waals surface area contributed by atoms with Crippen LogP contribution in [0.3, 0.4) is 0 Å². The lowest BCUT2D eigenvalue weighted by atomic mass is 10.2. The molecule has 0 bridgehead atoms. The van der Waals surface area contributed by atoms with Crippen LogP contribution >= 0.6 is 24.0 Å². The molecule has 0 fully saturated rings. The van der Waals surface area contributed by atoms with Gasteiger partial charge in [0.1, 0.15) is 5.65 Å². The third-order valence-corrected chi connectivity index (χ3v) is 2.28. The van der Waals surface area contributed by atoms with E-state index in [1.165, 1.54) is 5.56 Å². The Balaban J connectivity index is 0.000000845. The fourth-order valence-corrected chi connectivity index (χ4v) is 1.66. The zero-order valence-electron chi connectivity index (χ0n) is 7.20. The summed E-state index contributed by atoms with van der Waals surface area (Å²) in [4.78, 5) is 4.17. The molecule has 0 aliphatic carbocycles. The molecule has 2 aromatic heterocycles. The van der Waals surface area contributed by atoms with Crippen molar-refractivity contribution in [3.63, 3.8) is 0 Å². The van der Waals surface area contributed by atoms with Crippen LogP contribution in [0.5, 0.6) is 0 Å². The van der Waals surface area contributed by atoms with Gasteiger partial charge >= 0.3 is 0 Å². The van der Waals surface area contributed by atoms with Gasteiger partial charge in [0.05, 0.1) is 5.88 Å². The quantitative estimate of drug-likeness (QED) is 0.671. The number of nitrogens with zero attached hydrogens (tertiary/aromatic N) is 2. The van der Waals surface area contributed by atoms with Crippen molar-refractivity contribution >= 4 is 29.7 Å². The molecule has 0 amide bonds. The lowest BCUT2D eigenvalue weighted by molar-refractivity contribution is 1.04. The molecule has 0 aliphatic rings. The highest BCUT2D eigenvalue weighted by Crippen LogP contribution is 2.13. The first kappa shape index (κ1) is 10.4. The lowest BCUT2D eigenvalue weighted by Crippen LogP contribution is -1.95. The lowest BCUT2D eigenvalue weighted by Gasteiger charge is -2.04. The van der Waals surface area contributed by atoms with E-state index in [0.29, 0.717) is 5.88 Å². The molecule has 2 nitrogen and oxygen atoms in total. The van der Waals surface area contributed by atoms with E-state index in [2.05, 4.69) is 11.9 Å². The Hall–Kier alpha value is -0.730. The number of hydrogen-bond acceptors (Lipinski definition) is 1. The van der Waals surface area contributed by atoms with Crippen molar-refractivity contribution in [3.8, 4) is 0 Å². The highest BCUT2D eigenvalue weighted by Gasteiger charge is 2.02. The third-order valence-electron chi connectivity index (χ3n) is 2.02. The molecule has 0 radical (unpaired) electrons. The van der Waals surface area contributed by atoms with Gasteiger partial charge in [-0.25, -0.2) is 4.98 Å². The monoisotopic (exact) mass is 216 g/mol. The van der Waals surface area contributed by atoms with Crippen molar-refractivity contribution in [1.29, 1.82) is 0 Å². The number of alkyl halides is 1. The van der Waals surface area contributed by atoms with Crippen molar-refractivity contribution in [2.45, 2.75) is 12.8 Å². The Morgan fingerprint density at radius 1 is 1.46 bits per heavy atom. The molecule has 0 saturated heterocycles. The molecule has 0 N–H and O–H groups in total. The largest absolute Gasteiger partial charge is 0.303 e. The Morgan fingerprint density at radius 3 is 2.92 bits per heavy atom. The van der Waals surface area contributed by atoms with Crippen LogP contribution < -0.4 is 0 Å². The summed E-state index contributed by atoms with van der Waals surface area (Å²) in [6, 6.07) is 4.03. The molecule has 2 rings (SSSR count). The zero-order chi connectivity index (χ0) is 8.55. The molecule has 2 heterocycles. The van der Waals surface area contributed by atoms with Crippen LogP contribution in [0.2, 0.25) is 0 Å². The number of fused-ring (bicyclic) bond motifs is 1. The van der Waals surface area contributed by atoms with E-state index >= 15 is 0 Å². The first-order valence-corrected chi connectivity index (χ1v) is 4.34. The fraction of sp³-hybridized carbons (Fsp3) is 0.222. The molecule has 4 heteroatoms. The van der Waals surface area contributed by atoms with Gasteiger partial charge in [0.2, 0.25) is 0 Å². The number of hydrogen-bond donors (Lipinski definition) is 0. The van der Waals surface area contributed by atoms with E-state index < -0.39 is 0 Å². The summed E-state index contributed by atoms with van der Waals surface area (Å²) < 4.78 is 2.02. The minimum atomic E-state index is 0. The van der Waals surface area contributed by atoms with Gasteiger partial charge in [0.25, 0.3) is 0 Å². The van der Waals surface area contributed by atoms with E-state index in [-0.39, 0.29) is 12.4 Å². The zero-order valence-corrected chi connectivity index (χ0v) is 8.77. The molecule has 0 unspecified atom stereocenters. The second-order valence-electron chi connectivity index (χ2n) is 2.75. The van der Waals surface area contributed by atoms with Gasteiger partial charge in [-0.3, -0.25) is 0 Å². The van der Waals surface area contributed by atoms with E-state index in [0.717, 1.165) is 11.3 Å². The van der Waals surface area contributed by atoms with Gasteiger partial charge < -0.3 is 4.40 Å². The van der Waals surface area contributed by atoms with Crippen LogP contribution in [0.15, 0.2) is 24.5 Å². The number of rotatable bonds is 1. The maximum Gasteiger partial charge on any atom is 0.136 e. The summed E-state index contributed by atoms with van der Waals surface area (Å²) >= 11 is 5.82. The second-order valence-corrected chi connectivity index (χ2v) is 3.02. The fourth-order valence-electron chi connectivity index (χ4n) is 1.32. The Labute approximate surface area is 88.0 Å². The Kier molecular flexibility index (Phi) is 3.17. The van der Waals surface area contributed by atoms with Crippen molar-refractivity contribution in [3.05, 3.63) is 35.8 Å². The standard InChI is InChI=1S/C9H9ClN2.ClH/c1-7-2-3-9-11-4-5-12(9)8(7)6-10;/h2-5H,6H2,1H3;1H. The molecule has 0 saturated carbocycles. The van der Waals surface area contributed by atoms with Gasteiger partial charge in [0.15, 0.2) is 0 Å².